The van der Waals surface area contributed by atoms with E-state index in [0.717, 1.165) is 24.8 Å². The van der Waals surface area contributed by atoms with Gasteiger partial charge in [-0.15, -0.1) is 0 Å². The SMILES string of the molecule is CCCCc1ccccc1OS(=O)(=O)O. The summed E-state index contributed by atoms with van der Waals surface area (Å²) >= 11 is 0. The zero-order valence-electron chi connectivity index (χ0n) is 8.51. The second-order valence-electron chi connectivity index (χ2n) is 3.22. The van der Waals surface area contributed by atoms with Crippen molar-refractivity contribution in [3.05, 3.63) is 29.8 Å². The van der Waals surface area contributed by atoms with Crippen LogP contribution >= 0.6 is 0 Å². The summed E-state index contributed by atoms with van der Waals surface area (Å²) in [6.07, 6.45) is 2.70. The van der Waals surface area contributed by atoms with E-state index in [1.54, 1.807) is 12.1 Å². The second kappa shape index (κ2) is 5.14. The molecule has 84 valence electrons. The highest BCUT2D eigenvalue weighted by atomic mass is 32.3. The van der Waals surface area contributed by atoms with Crippen molar-refractivity contribution in [2.45, 2.75) is 26.2 Å². The predicted molar refractivity (Wildman–Crippen MR) is 57.2 cm³/mol. The Morgan fingerprint density at radius 1 is 1.33 bits per heavy atom. The van der Waals surface area contributed by atoms with E-state index in [1.165, 1.54) is 6.07 Å². The van der Waals surface area contributed by atoms with Gasteiger partial charge in [0.05, 0.1) is 0 Å². The van der Waals surface area contributed by atoms with Crippen molar-refractivity contribution >= 4 is 10.4 Å². The first-order chi connectivity index (χ1) is 7.03. The van der Waals surface area contributed by atoms with E-state index in [0.29, 0.717) is 0 Å². The van der Waals surface area contributed by atoms with Crippen molar-refractivity contribution in [3.63, 3.8) is 0 Å². The number of aryl methyl sites for hydroxylation is 1. The minimum atomic E-state index is -4.42. The lowest BCUT2D eigenvalue weighted by atomic mass is 10.1. The van der Waals surface area contributed by atoms with Gasteiger partial charge in [0.1, 0.15) is 5.75 Å². The molecule has 0 saturated carbocycles. The van der Waals surface area contributed by atoms with Gasteiger partial charge in [-0.25, -0.2) is 0 Å². The maximum absolute atomic E-state index is 10.6. The number of unbranched alkanes of at least 4 members (excludes halogenated alkanes) is 1. The fourth-order valence-electron chi connectivity index (χ4n) is 1.27. The molecule has 15 heavy (non-hydrogen) atoms. The van der Waals surface area contributed by atoms with Gasteiger partial charge in [0.25, 0.3) is 0 Å². The molecule has 0 aliphatic heterocycles. The van der Waals surface area contributed by atoms with Crippen LogP contribution in [0.5, 0.6) is 5.75 Å². The molecule has 0 atom stereocenters. The fraction of sp³-hybridized carbons (Fsp3) is 0.400. The van der Waals surface area contributed by atoms with Crippen LogP contribution in [0, 0.1) is 0 Å². The molecule has 0 bridgehead atoms. The lowest BCUT2D eigenvalue weighted by Gasteiger charge is -2.07. The van der Waals surface area contributed by atoms with Gasteiger partial charge in [-0.1, -0.05) is 31.5 Å². The van der Waals surface area contributed by atoms with Crippen LogP contribution in [-0.2, 0) is 16.8 Å². The van der Waals surface area contributed by atoms with Gasteiger partial charge >= 0.3 is 10.4 Å². The summed E-state index contributed by atoms with van der Waals surface area (Å²) in [7, 11) is -4.42. The first-order valence-corrected chi connectivity index (χ1v) is 6.14. The van der Waals surface area contributed by atoms with Crippen LogP contribution in [0.4, 0.5) is 0 Å². The minimum absolute atomic E-state index is 0.202. The highest BCUT2D eigenvalue weighted by Gasteiger charge is 2.10. The molecule has 0 fully saturated rings. The summed E-state index contributed by atoms with van der Waals surface area (Å²) < 4.78 is 34.1. The molecule has 5 heteroatoms. The van der Waals surface area contributed by atoms with E-state index >= 15 is 0 Å². The second-order valence-corrected chi connectivity index (χ2v) is 4.24. The average Bonchev–Trinajstić information content (AvgIpc) is 2.14. The Morgan fingerprint density at radius 2 is 2.00 bits per heavy atom. The van der Waals surface area contributed by atoms with Crippen LogP contribution in [0.25, 0.3) is 0 Å². The van der Waals surface area contributed by atoms with Crippen LogP contribution in [0.1, 0.15) is 25.3 Å². The fourth-order valence-corrected chi connectivity index (χ4v) is 1.66. The molecule has 1 N–H and O–H groups in total. The molecule has 1 aromatic carbocycles. The molecule has 0 radical (unpaired) electrons. The highest BCUT2D eigenvalue weighted by Crippen LogP contribution is 2.21. The van der Waals surface area contributed by atoms with E-state index in [4.69, 9.17) is 4.55 Å². The van der Waals surface area contributed by atoms with Gasteiger partial charge in [0.15, 0.2) is 0 Å². The number of hydrogen-bond acceptors (Lipinski definition) is 3. The molecule has 0 unspecified atom stereocenters. The molecule has 1 rings (SSSR count). The first kappa shape index (κ1) is 12.0. The average molecular weight is 230 g/mol. The number of rotatable bonds is 5. The van der Waals surface area contributed by atoms with Gasteiger partial charge in [-0.3, -0.25) is 4.55 Å². The summed E-state index contributed by atoms with van der Waals surface area (Å²) in [5.41, 5.74) is 0.789. The Kier molecular flexibility index (Phi) is 4.11. The lowest BCUT2D eigenvalue weighted by molar-refractivity contribution is 0.385. The summed E-state index contributed by atoms with van der Waals surface area (Å²) in [5, 5.41) is 0. The summed E-state index contributed by atoms with van der Waals surface area (Å²) in [6, 6.07) is 6.78. The van der Waals surface area contributed by atoms with Crippen molar-refractivity contribution in [2.75, 3.05) is 0 Å². The molecule has 0 amide bonds. The molecular formula is C10H14O4S. The molecule has 0 aliphatic carbocycles. The van der Waals surface area contributed by atoms with Crippen molar-refractivity contribution in [1.82, 2.24) is 0 Å². The van der Waals surface area contributed by atoms with Crippen molar-refractivity contribution in [1.29, 1.82) is 0 Å². The molecule has 1 aromatic rings. The molecule has 0 spiro atoms. The van der Waals surface area contributed by atoms with E-state index in [-0.39, 0.29) is 5.75 Å². The summed E-state index contributed by atoms with van der Waals surface area (Å²) in [4.78, 5) is 0. The normalized spacial score (nSPS) is 11.3. The smallest absolute Gasteiger partial charge is 0.362 e. The number of benzene rings is 1. The summed E-state index contributed by atoms with van der Waals surface area (Å²) in [5.74, 6) is 0.202. The number of para-hydroxylation sites is 1. The van der Waals surface area contributed by atoms with E-state index in [9.17, 15) is 8.42 Å². The van der Waals surface area contributed by atoms with Gasteiger partial charge in [0, 0.05) is 0 Å². The molecule has 0 aliphatic rings. The molecule has 0 aromatic heterocycles. The third-order valence-corrected chi connectivity index (χ3v) is 2.36. The zero-order valence-corrected chi connectivity index (χ0v) is 9.33. The Labute approximate surface area is 89.8 Å². The number of hydrogen-bond donors (Lipinski definition) is 1. The van der Waals surface area contributed by atoms with Crippen LogP contribution in [0.3, 0.4) is 0 Å². The third kappa shape index (κ3) is 4.31. The first-order valence-electron chi connectivity index (χ1n) is 4.77. The van der Waals surface area contributed by atoms with Gasteiger partial charge in [-0.05, 0) is 24.5 Å². The monoisotopic (exact) mass is 230 g/mol. The third-order valence-electron chi connectivity index (χ3n) is 1.97. The Balaban J connectivity index is 2.86. The van der Waals surface area contributed by atoms with Crippen molar-refractivity contribution < 1.29 is 17.2 Å². The lowest BCUT2D eigenvalue weighted by Crippen LogP contribution is -2.08. The van der Waals surface area contributed by atoms with Crippen LogP contribution in [-0.4, -0.2) is 13.0 Å². The molecule has 0 saturated heterocycles. The van der Waals surface area contributed by atoms with Crippen LogP contribution in [0.15, 0.2) is 24.3 Å². The molecular weight excluding hydrogens is 216 g/mol. The Hall–Kier alpha value is -1.07. The Morgan fingerprint density at radius 3 is 2.60 bits per heavy atom. The quantitative estimate of drug-likeness (QED) is 0.788. The molecule has 4 nitrogen and oxygen atoms in total. The van der Waals surface area contributed by atoms with E-state index in [1.807, 2.05) is 13.0 Å². The van der Waals surface area contributed by atoms with Crippen LogP contribution in [0.2, 0.25) is 0 Å². The van der Waals surface area contributed by atoms with Gasteiger partial charge < -0.3 is 4.18 Å². The van der Waals surface area contributed by atoms with Gasteiger partial charge in [0.2, 0.25) is 0 Å². The largest absolute Gasteiger partial charge is 0.446 e. The maximum Gasteiger partial charge on any atom is 0.446 e. The minimum Gasteiger partial charge on any atom is -0.362 e. The molecule has 0 heterocycles. The van der Waals surface area contributed by atoms with E-state index in [2.05, 4.69) is 4.18 Å². The van der Waals surface area contributed by atoms with Crippen LogP contribution < -0.4 is 4.18 Å². The zero-order chi connectivity index (χ0) is 11.3. The predicted octanol–water partition coefficient (Wildman–Crippen LogP) is 2.21. The standard InChI is InChI=1S/C10H14O4S/c1-2-3-6-9-7-4-5-8-10(9)14-15(11,12)13/h4-5,7-8H,2-3,6H2,1H3,(H,11,12,13). The van der Waals surface area contributed by atoms with Crippen molar-refractivity contribution in [3.8, 4) is 5.75 Å². The topological polar surface area (TPSA) is 63.6 Å². The van der Waals surface area contributed by atoms with Crippen molar-refractivity contribution in [2.24, 2.45) is 0 Å². The summed E-state index contributed by atoms with van der Waals surface area (Å²) in [6.45, 7) is 2.05. The van der Waals surface area contributed by atoms with E-state index < -0.39 is 10.4 Å². The van der Waals surface area contributed by atoms with Gasteiger partial charge in [-0.2, -0.15) is 8.42 Å². The maximum atomic E-state index is 10.6. The Bertz CT molecular complexity index is 411. The highest BCUT2D eigenvalue weighted by molar-refractivity contribution is 7.81.